The normalized spacial score (nSPS) is 11.8. The number of fused-ring (bicyclic) bond motifs is 2. The van der Waals surface area contributed by atoms with Crippen LogP contribution < -0.4 is 15.2 Å². The lowest BCUT2D eigenvalue weighted by atomic mass is 10.1. The van der Waals surface area contributed by atoms with Gasteiger partial charge in [0.15, 0.2) is 17.0 Å². The number of rotatable bonds is 6. The molecule has 0 saturated carbocycles. The van der Waals surface area contributed by atoms with E-state index in [0.29, 0.717) is 28.2 Å². The minimum Gasteiger partial charge on any atom is -0.488 e. The molecule has 0 aliphatic carbocycles. The van der Waals surface area contributed by atoms with Crippen molar-refractivity contribution in [1.82, 2.24) is 23.6 Å². The Morgan fingerprint density at radius 1 is 0.970 bits per heavy atom. The smallest absolute Gasteiger partial charge is 0.488 e. The molecule has 5 rings (SSSR count). The number of nitrogens with zero attached hydrogens (tertiary/aromatic N) is 5. The Bertz CT molecular complexity index is 1490. The lowest BCUT2D eigenvalue weighted by molar-refractivity contribution is -0.274. The summed E-state index contributed by atoms with van der Waals surface area (Å²) in [5.74, 6) is 0.280. The first-order valence-electron chi connectivity index (χ1n) is 9.87. The van der Waals surface area contributed by atoms with E-state index in [1.807, 2.05) is 22.9 Å². The standard InChI is InChI=1S/C22H16F3N5O3/c23-22(24,25)33-17-6-3-15(4-7-17)16-5-8-19-27-30(21(31)29(19)14-16)12-13-32-18-2-1-10-28-11-9-26-20(18)28/h1-11,14H,12-13H2. The van der Waals surface area contributed by atoms with Crippen molar-refractivity contribution in [1.29, 1.82) is 0 Å². The largest absolute Gasteiger partial charge is 0.573 e. The third kappa shape index (κ3) is 4.25. The first-order valence-corrected chi connectivity index (χ1v) is 9.87. The molecule has 0 saturated heterocycles. The summed E-state index contributed by atoms with van der Waals surface area (Å²) in [7, 11) is 0. The maximum absolute atomic E-state index is 12.8. The van der Waals surface area contributed by atoms with Gasteiger partial charge in [0.2, 0.25) is 0 Å². The van der Waals surface area contributed by atoms with Crippen LogP contribution in [0.15, 0.2) is 78.1 Å². The van der Waals surface area contributed by atoms with E-state index >= 15 is 0 Å². The average Bonchev–Trinajstić information content (AvgIpc) is 3.38. The predicted molar refractivity (Wildman–Crippen MR) is 112 cm³/mol. The van der Waals surface area contributed by atoms with Crippen LogP contribution in [0.4, 0.5) is 13.2 Å². The summed E-state index contributed by atoms with van der Waals surface area (Å²) in [4.78, 5) is 17.0. The van der Waals surface area contributed by atoms with Crippen LogP contribution >= 0.6 is 0 Å². The van der Waals surface area contributed by atoms with Gasteiger partial charge in [-0.1, -0.05) is 12.1 Å². The number of ether oxygens (including phenoxy) is 2. The fourth-order valence-electron chi connectivity index (χ4n) is 3.46. The molecule has 0 atom stereocenters. The van der Waals surface area contributed by atoms with Gasteiger partial charge in [-0.2, -0.15) is 0 Å². The van der Waals surface area contributed by atoms with Gasteiger partial charge in [0.25, 0.3) is 0 Å². The van der Waals surface area contributed by atoms with Gasteiger partial charge in [0, 0.05) is 24.8 Å². The summed E-state index contributed by atoms with van der Waals surface area (Å²) >= 11 is 0. The molecule has 168 valence electrons. The third-order valence-electron chi connectivity index (χ3n) is 4.94. The van der Waals surface area contributed by atoms with Crippen LogP contribution in [0.2, 0.25) is 0 Å². The van der Waals surface area contributed by atoms with Crippen LogP contribution in [-0.2, 0) is 6.54 Å². The van der Waals surface area contributed by atoms with E-state index in [4.69, 9.17) is 4.74 Å². The fraction of sp³-hybridized carbons (Fsp3) is 0.136. The van der Waals surface area contributed by atoms with E-state index in [-0.39, 0.29) is 24.6 Å². The topological polar surface area (TPSA) is 75.1 Å². The SMILES string of the molecule is O=c1n(CCOc2cccn3ccnc23)nc2ccc(-c3ccc(OC(F)(F)F)cc3)cn12. The quantitative estimate of drug-likeness (QED) is 0.390. The van der Waals surface area contributed by atoms with Gasteiger partial charge in [0.05, 0.1) is 6.54 Å². The molecule has 5 aromatic rings. The molecule has 11 heteroatoms. The van der Waals surface area contributed by atoms with Crippen molar-refractivity contribution in [3.8, 4) is 22.6 Å². The Morgan fingerprint density at radius 3 is 2.55 bits per heavy atom. The number of alkyl halides is 3. The van der Waals surface area contributed by atoms with Gasteiger partial charge in [-0.15, -0.1) is 18.3 Å². The molecule has 0 N–H and O–H groups in total. The molecule has 0 radical (unpaired) electrons. The van der Waals surface area contributed by atoms with Crippen molar-refractivity contribution in [3.63, 3.8) is 0 Å². The maximum Gasteiger partial charge on any atom is 0.573 e. The Hall–Kier alpha value is -4.28. The zero-order valence-corrected chi connectivity index (χ0v) is 16.9. The van der Waals surface area contributed by atoms with E-state index in [2.05, 4.69) is 14.8 Å². The molecule has 8 nitrogen and oxygen atoms in total. The molecule has 33 heavy (non-hydrogen) atoms. The summed E-state index contributed by atoms with van der Waals surface area (Å²) in [6, 6.07) is 12.5. The van der Waals surface area contributed by atoms with E-state index < -0.39 is 6.36 Å². The fourth-order valence-corrected chi connectivity index (χ4v) is 3.46. The minimum atomic E-state index is -4.75. The second kappa shape index (κ2) is 8.01. The van der Waals surface area contributed by atoms with Crippen LogP contribution in [0.5, 0.6) is 11.5 Å². The molecule has 1 aromatic carbocycles. The van der Waals surface area contributed by atoms with Crippen molar-refractivity contribution < 1.29 is 22.6 Å². The zero-order chi connectivity index (χ0) is 23.0. The molecule has 0 aliphatic rings. The molecular weight excluding hydrogens is 439 g/mol. The summed E-state index contributed by atoms with van der Waals surface area (Å²) in [5.41, 5.74) is 2.03. The Labute approximate surface area is 184 Å². The van der Waals surface area contributed by atoms with Crippen LogP contribution in [-0.4, -0.2) is 36.5 Å². The summed E-state index contributed by atoms with van der Waals surface area (Å²) < 4.78 is 51.2. The molecule has 0 aliphatic heterocycles. The number of aromatic nitrogens is 5. The summed E-state index contributed by atoms with van der Waals surface area (Å²) in [5, 5.41) is 4.31. The van der Waals surface area contributed by atoms with Crippen LogP contribution in [0.25, 0.3) is 22.4 Å². The average molecular weight is 455 g/mol. The van der Waals surface area contributed by atoms with Gasteiger partial charge in [-0.3, -0.25) is 0 Å². The molecule has 0 fully saturated rings. The molecule has 4 heterocycles. The first kappa shape index (κ1) is 20.6. The summed E-state index contributed by atoms with van der Waals surface area (Å²) in [6.07, 6.45) is 2.17. The molecular formula is C22H16F3N5O3. The Kier molecular flexibility index (Phi) is 5.00. The van der Waals surface area contributed by atoms with Crippen molar-refractivity contribution in [2.45, 2.75) is 12.9 Å². The third-order valence-corrected chi connectivity index (χ3v) is 4.94. The number of imidazole rings is 1. The van der Waals surface area contributed by atoms with Gasteiger partial charge in [0.1, 0.15) is 12.4 Å². The first-order chi connectivity index (χ1) is 15.9. The number of benzene rings is 1. The van der Waals surface area contributed by atoms with Crippen molar-refractivity contribution in [2.75, 3.05) is 6.61 Å². The summed E-state index contributed by atoms with van der Waals surface area (Å²) in [6.45, 7) is 0.435. The van der Waals surface area contributed by atoms with Gasteiger partial charge >= 0.3 is 12.1 Å². The van der Waals surface area contributed by atoms with Gasteiger partial charge < -0.3 is 13.9 Å². The highest BCUT2D eigenvalue weighted by atomic mass is 19.4. The molecule has 4 aromatic heterocycles. The Morgan fingerprint density at radius 2 is 1.76 bits per heavy atom. The number of hydrogen-bond donors (Lipinski definition) is 0. The molecule has 0 unspecified atom stereocenters. The lowest BCUT2D eigenvalue weighted by Crippen LogP contribution is -2.24. The van der Waals surface area contributed by atoms with Gasteiger partial charge in [-0.25, -0.2) is 18.9 Å². The highest BCUT2D eigenvalue weighted by molar-refractivity contribution is 5.65. The number of pyridine rings is 2. The van der Waals surface area contributed by atoms with Crippen LogP contribution in [0, 0.1) is 0 Å². The second-order valence-corrected chi connectivity index (χ2v) is 7.10. The molecule has 0 spiro atoms. The number of halogens is 3. The number of hydrogen-bond acceptors (Lipinski definition) is 5. The molecule has 0 amide bonds. The Balaban J connectivity index is 1.33. The van der Waals surface area contributed by atoms with Crippen LogP contribution in [0.3, 0.4) is 0 Å². The highest BCUT2D eigenvalue weighted by Crippen LogP contribution is 2.26. The van der Waals surface area contributed by atoms with E-state index in [1.165, 1.54) is 33.3 Å². The van der Waals surface area contributed by atoms with E-state index in [9.17, 15) is 18.0 Å². The predicted octanol–water partition coefficient (Wildman–Crippen LogP) is 3.79. The minimum absolute atomic E-state index is 0.212. The van der Waals surface area contributed by atoms with Crippen molar-refractivity contribution in [3.05, 3.63) is 83.8 Å². The van der Waals surface area contributed by atoms with Gasteiger partial charge in [-0.05, 0) is 47.5 Å². The molecule has 0 bridgehead atoms. The maximum atomic E-state index is 12.8. The monoisotopic (exact) mass is 455 g/mol. The zero-order valence-electron chi connectivity index (χ0n) is 16.9. The lowest BCUT2D eigenvalue weighted by Gasteiger charge is -2.09. The van der Waals surface area contributed by atoms with E-state index in [1.54, 1.807) is 30.6 Å². The van der Waals surface area contributed by atoms with Crippen LogP contribution in [0.1, 0.15) is 0 Å². The highest BCUT2D eigenvalue weighted by Gasteiger charge is 2.31. The van der Waals surface area contributed by atoms with E-state index in [0.717, 1.165) is 0 Å². The van der Waals surface area contributed by atoms with Crippen molar-refractivity contribution >= 4 is 11.3 Å². The second-order valence-electron chi connectivity index (χ2n) is 7.10. The van der Waals surface area contributed by atoms with Crippen molar-refractivity contribution in [2.24, 2.45) is 0 Å².